The first-order valence-electron chi connectivity index (χ1n) is 16.7. The maximum atomic E-state index is 12.0. The van der Waals surface area contributed by atoms with Crippen LogP contribution in [0.15, 0.2) is 23.3 Å². The van der Waals surface area contributed by atoms with Crippen molar-refractivity contribution in [2.45, 2.75) is 150 Å². The normalized spacial score (nSPS) is 49.5. The number of ether oxygens (including phenoxy) is 2. The highest BCUT2D eigenvalue weighted by Crippen LogP contribution is 2.75. The number of aliphatic hydroxyl groups excluding tert-OH is 3. The van der Waals surface area contributed by atoms with Crippen molar-refractivity contribution in [2.75, 3.05) is 6.61 Å². The van der Waals surface area contributed by atoms with Crippen LogP contribution in [0.25, 0.3) is 0 Å². The monoisotopic (exact) mass is 572 g/mol. The molecule has 234 valence electrons. The summed E-state index contributed by atoms with van der Waals surface area (Å²) in [4.78, 5) is 0. The standard InChI is InChI=1S/C36H60O5/c1-22(2)10-9-11-23(3)26-12-16-36(8)32(26)27(39)20-29-34(6)15-14-30(33(4,5)28(34)13-17-35(29,36)7)41-31-19-24(38)18-25(21-37)40-31/h10-11,24-32,37-39H,9,12-21H2,1-8H3/b23-11-/t24-,25-,26?,27+,28?,29?,30-,31-,32-,34-,35+,36+/m0/s1. The molecule has 4 saturated carbocycles. The van der Waals surface area contributed by atoms with Crippen molar-refractivity contribution in [3.8, 4) is 0 Å². The summed E-state index contributed by atoms with van der Waals surface area (Å²) in [6.45, 7) is 19.0. The lowest BCUT2D eigenvalue weighted by molar-refractivity contribution is -0.287. The van der Waals surface area contributed by atoms with Crippen LogP contribution in [0, 0.1) is 45.3 Å². The number of rotatable bonds is 6. The largest absolute Gasteiger partial charge is 0.394 e. The zero-order valence-corrected chi connectivity index (χ0v) is 27.3. The highest BCUT2D eigenvalue weighted by molar-refractivity contribution is 5.23. The minimum atomic E-state index is -0.489. The first-order chi connectivity index (χ1) is 19.2. The van der Waals surface area contributed by atoms with Gasteiger partial charge < -0.3 is 24.8 Å². The summed E-state index contributed by atoms with van der Waals surface area (Å²) >= 11 is 0. The van der Waals surface area contributed by atoms with Crippen LogP contribution in [-0.4, -0.2) is 52.6 Å². The van der Waals surface area contributed by atoms with Gasteiger partial charge in [0.25, 0.3) is 0 Å². The summed E-state index contributed by atoms with van der Waals surface area (Å²) < 4.78 is 12.7. The molecule has 0 radical (unpaired) electrons. The van der Waals surface area contributed by atoms with Gasteiger partial charge in [0.15, 0.2) is 6.29 Å². The van der Waals surface area contributed by atoms with E-state index in [9.17, 15) is 15.3 Å². The van der Waals surface area contributed by atoms with Crippen LogP contribution >= 0.6 is 0 Å². The first kappa shape index (κ1) is 31.7. The molecule has 5 heteroatoms. The Morgan fingerprint density at radius 1 is 0.854 bits per heavy atom. The van der Waals surface area contributed by atoms with Gasteiger partial charge in [-0.05, 0) is 117 Å². The predicted molar refractivity (Wildman–Crippen MR) is 164 cm³/mol. The van der Waals surface area contributed by atoms with Crippen LogP contribution in [0.2, 0.25) is 0 Å². The van der Waals surface area contributed by atoms with Gasteiger partial charge in [0.2, 0.25) is 0 Å². The zero-order valence-electron chi connectivity index (χ0n) is 27.3. The number of hydrogen-bond acceptors (Lipinski definition) is 5. The van der Waals surface area contributed by atoms with E-state index < -0.39 is 12.4 Å². The van der Waals surface area contributed by atoms with Gasteiger partial charge in [0, 0.05) is 12.8 Å². The van der Waals surface area contributed by atoms with Crippen molar-refractivity contribution in [1.29, 1.82) is 0 Å². The van der Waals surface area contributed by atoms with Crippen molar-refractivity contribution in [1.82, 2.24) is 0 Å². The predicted octanol–water partition coefficient (Wildman–Crippen LogP) is 7.19. The van der Waals surface area contributed by atoms with E-state index in [1.807, 2.05) is 0 Å². The van der Waals surface area contributed by atoms with Crippen molar-refractivity contribution in [3.05, 3.63) is 23.3 Å². The summed E-state index contributed by atoms with van der Waals surface area (Å²) in [5.41, 5.74) is 3.31. The fraction of sp³-hybridized carbons (Fsp3) is 0.889. The molecule has 41 heavy (non-hydrogen) atoms. The van der Waals surface area contributed by atoms with E-state index in [2.05, 4.69) is 67.5 Å². The zero-order chi connectivity index (χ0) is 30.0. The Morgan fingerprint density at radius 2 is 1.56 bits per heavy atom. The summed E-state index contributed by atoms with van der Waals surface area (Å²) in [5.74, 6) is 1.82. The third kappa shape index (κ3) is 5.22. The average Bonchev–Trinajstić information content (AvgIpc) is 3.26. The van der Waals surface area contributed by atoms with Gasteiger partial charge >= 0.3 is 0 Å². The molecule has 0 aromatic rings. The highest BCUT2D eigenvalue weighted by atomic mass is 16.7. The molecule has 12 atom stereocenters. The molecule has 5 fully saturated rings. The molecule has 0 amide bonds. The van der Waals surface area contributed by atoms with Gasteiger partial charge in [-0.15, -0.1) is 0 Å². The second-order valence-corrected chi connectivity index (χ2v) is 16.4. The fourth-order valence-corrected chi connectivity index (χ4v) is 11.5. The topological polar surface area (TPSA) is 79.2 Å². The molecule has 3 N–H and O–H groups in total. The molecule has 1 saturated heterocycles. The summed E-state index contributed by atoms with van der Waals surface area (Å²) in [6, 6.07) is 0. The van der Waals surface area contributed by atoms with Gasteiger partial charge in [-0.3, -0.25) is 0 Å². The minimum Gasteiger partial charge on any atom is -0.394 e. The van der Waals surface area contributed by atoms with Gasteiger partial charge in [0.05, 0.1) is 31.0 Å². The maximum absolute atomic E-state index is 12.0. The molecular formula is C36H60O5. The fourth-order valence-electron chi connectivity index (χ4n) is 11.5. The Morgan fingerprint density at radius 3 is 2.24 bits per heavy atom. The second-order valence-electron chi connectivity index (χ2n) is 16.4. The van der Waals surface area contributed by atoms with Crippen LogP contribution in [0.1, 0.15) is 120 Å². The number of aliphatic hydroxyl groups is 3. The van der Waals surface area contributed by atoms with Crippen LogP contribution in [0.5, 0.6) is 0 Å². The Bertz CT molecular complexity index is 1010. The first-order valence-corrected chi connectivity index (χ1v) is 16.7. The molecule has 5 rings (SSSR count). The van der Waals surface area contributed by atoms with Crippen LogP contribution < -0.4 is 0 Å². The van der Waals surface area contributed by atoms with Crippen molar-refractivity contribution >= 4 is 0 Å². The van der Waals surface area contributed by atoms with E-state index in [1.165, 1.54) is 36.8 Å². The second kappa shape index (κ2) is 11.3. The molecule has 0 aromatic carbocycles. The quantitative estimate of drug-likeness (QED) is 0.232. The van der Waals surface area contributed by atoms with Crippen LogP contribution in [0.3, 0.4) is 0 Å². The molecule has 5 nitrogen and oxygen atoms in total. The summed E-state index contributed by atoms with van der Waals surface area (Å²) in [6.07, 6.45) is 13.0. The third-order valence-corrected chi connectivity index (χ3v) is 13.7. The average molecular weight is 573 g/mol. The molecule has 0 spiro atoms. The number of allylic oxidation sites excluding steroid dienone is 4. The molecule has 4 aliphatic carbocycles. The molecule has 1 heterocycles. The maximum Gasteiger partial charge on any atom is 0.160 e. The summed E-state index contributed by atoms with van der Waals surface area (Å²) in [7, 11) is 0. The smallest absolute Gasteiger partial charge is 0.160 e. The lowest BCUT2D eigenvalue weighted by atomic mass is 9.35. The number of fused-ring (bicyclic) bond motifs is 5. The van der Waals surface area contributed by atoms with E-state index in [0.29, 0.717) is 36.5 Å². The Kier molecular flexibility index (Phi) is 8.76. The van der Waals surface area contributed by atoms with E-state index in [1.54, 1.807) is 0 Å². The molecule has 3 unspecified atom stereocenters. The lowest BCUT2D eigenvalue weighted by Crippen LogP contribution is -2.66. The van der Waals surface area contributed by atoms with Gasteiger partial charge in [-0.25, -0.2) is 0 Å². The van der Waals surface area contributed by atoms with Gasteiger partial charge in [-0.1, -0.05) is 57.9 Å². The van der Waals surface area contributed by atoms with Crippen molar-refractivity contribution < 1.29 is 24.8 Å². The van der Waals surface area contributed by atoms with E-state index >= 15 is 0 Å². The highest BCUT2D eigenvalue weighted by Gasteiger charge is 2.70. The van der Waals surface area contributed by atoms with Crippen molar-refractivity contribution in [2.24, 2.45) is 45.3 Å². The van der Waals surface area contributed by atoms with Gasteiger partial charge in [0.1, 0.15) is 0 Å². The molecule has 1 aliphatic heterocycles. The Labute approximate surface area is 250 Å². The van der Waals surface area contributed by atoms with Crippen LogP contribution in [0.4, 0.5) is 0 Å². The van der Waals surface area contributed by atoms with Gasteiger partial charge in [-0.2, -0.15) is 0 Å². The lowest BCUT2D eigenvalue weighted by Gasteiger charge is -2.70. The Hall–Kier alpha value is -0.720. The molecule has 5 aliphatic rings. The van der Waals surface area contributed by atoms with E-state index in [0.717, 1.165) is 25.7 Å². The van der Waals surface area contributed by atoms with Crippen LogP contribution in [-0.2, 0) is 9.47 Å². The Balaban J connectivity index is 1.37. The number of hydrogen-bond donors (Lipinski definition) is 3. The summed E-state index contributed by atoms with van der Waals surface area (Å²) in [5, 5.41) is 32.0. The van der Waals surface area contributed by atoms with E-state index in [-0.39, 0.29) is 46.6 Å². The SMILES string of the molecule is CC(C)=CC/C=C(/C)C1CC[C@]2(C)[C@@H]1[C@H](O)CC1[C@@]3(C)CC[C@H](O[C@H]4C[C@@H](O)C[C@@H](CO)O4)C(C)(C)C3CC[C@]12C. The molecule has 0 aromatic heterocycles. The van der Waals surface area contributed by atoms with E-state index in [4.69, 9.17) is 9.47 Å². The molecule has 0 bridgehead atoms. The minimum absolute atomic E-state index is 0.0417. The van der Waals surface area contributed by atoms with Crippen molar-refractivity contribution in [3.63, 3.8) is 0 Å². The third-order valence-electron chi connectivity index (χ3n) is 13.7. The molecular weight excluding hydrogens is 512 g/mol.